The van der Waals surface area contributed by atoms with Crippen molar-refractivity contribution in [2.75, 3.05) is 26.2 Å². The Balaban J connectivity index is 0.00000196. The number of nitrogens with zero attached hydrogens (tertiary/aromatic N) is 1. The van der Waals surface area contributed by atoms with Crippen LogP contribution < -0.4 is 12.4 Å². The molecule has 1 saturated heterocycles. The molecule has 15 heavy (non-hydrogen) atoms. The first-order valence-electron chi connectivity index (χ1n) is 5.68. The van der Waals surface area contributed by atoms with E-state index in [2.05, 4.69) is 27.0 Å². The number of quaternary nitrogens is 1. The minimum absolute atomic E-state index is 0. The average molecular weight is 230 g/mol. The second-order valence-electron chi connectivity index (χ2n) is 5.08. The predicted molar refractivity (Wildman–Crippen MR) is 63.2 cm³/mol. The zero-order chi connectivity index (χ0) is 10.6. The summed E-state index contributed by atoms with van der Waals surface area (Å²) in [7, 11) is 0. The molecule has 0 spiro atoms. The molecule has 0 bridgehead atoms. The molecule has 1 aliphatic rings. The monoisotopic (exact) mass is 229 g/mol. The van der Waals surface area contributed by atoms with E-state index in [1.807, 2.05) is 0 Å². The molecule has 0 aliphatic carbocycles. The highest BCUT2D eigenvalue weighted by Gasteiger charge is 2.29. The average Bonchev–Trinajstić information content (AvgIpc) is 2.01. The zero-order valence-electron chi connectivity index (χ0n) is 10.2. The van der Waals surface area contributed by atoms with Crippen LogP contribution in [0.25, 0.3) is 0 Å². The summed E-state index contributed by atoms with van der Waals surface area (Å²) in [5.74, 6) is 0. The lowest BCUT2D eigenvalue weighted by molar-refractivity contribution is -0.923. The number of hydrogen-bond donors (Lipinski definition) is 0. The zero-order valence-corrected chi connectivity index (χ0v) is 10.9. The molecule has 0 unspecified atom stereocenters. The number of piperidine rings is 1. The lowest BCUT2D eigenvalue weighted by Gasteiger charge is -2.42. The van der Waals surface area contributed by atoms with Gasteiger partial charge in [-0.05, 0) is 44.3 Å². The summed E-state index contributed by atoms with van der Waals surface area (Å²) in [6.07, 6.45) is 4.16. The molecule has 1 fully saturated rings. The number of rotatable bonds is 4. The molecule has 0 N–H and O–H groups in total. The number of hydrogen-bond acceptors (Lipinski definition) is 0. The van der Waals surface area contributed by atoms with Gasteiger partial charge in [0, 0.05) is 0 Å². The molecule has 1 heterocycles. The van der Waals surface area contributed by atoms with Crippen molar-refractivity contribution in [1.82, 2.24) is 0 Å². The second kappa shape index (κ2) is 6.34. The van der Waals surface area contributed by atoms with Gasteiger partial charge in [0.25, 0.3) is 0 Å². The van der Waals surface area contributed by atoms with Gasteiger partial charge in [-0.1, -0.05) is 13.2 Å². The van der Waals surface area contributed by atoms with E-state index < -0.39 is 0 Å². The van der Waals surface area contributed by atoms with E-state index in [4.69, 9.17) is 0 Å². The van der Waals surface area contributed by atoms with E-state index in [0.717, 1.165) is 13.1 Å². The molecule has 88 valence electrons. The summed E-state index contributed by atoms with van der Waals surface area (Å²) >= 11 is 0. The van der Waals surface area contributed by atoms with Crippen molar-refractivity contribution < 1.29 is 16.9 Å². The third kappa shape index (κ3) is 4.85. The van der Waals surface area contributed by atoms with Gasteiger partial charge in [0.1, 0.15) is 13.1 Å². The SMILES string of the molecule is C=C(C)C[N+]1(CC(=C)C)CCCCC1.[Cl-]. The fourth-order valence-electron chi connectivity index (χ4n) is 2.70. The second-order valence-corrected chi connectivity index (χ2v) is 5.08. The Hall–Kier alpha value is -0.270. The van der Waals surface area contributed by atoms with Gasteiger partial charge >= 0.3 is 0 Å². The minimum atomic E-state index is 0. The summed E-state index contributed by atoms with van der Waals surface area (Å²) in [6.45, 7) is 17.3. The topological polar surface area (TPSA) is 0 Å². The Morgan fingerprint density at radius 3 is 1.67 bits per heavy atom. The Labute approximate surface area is 101 Å². The van der Waals surface area contributed by atoms with Gasteiger partial charge < -0.3 is 16.9 Å². The molecular weight excluding hydrogens is 206 g/mol. The maximum atomic E-state index is 4.06. The van der Waals surface area contributed by atoms with E-state index in [9.17, 15) is 0 Å². The van der Waals surface area contributed by atoms with Crippen LogP contribution >= 0.6 is 0 Å². The van der Waals surface area contributed by atoms with Gasteiger partial charge in [0.05, 0.1) is 13.1 Å². The smallest absolute Gasteiger partial charge is 0.100 e. The normalized spacial score (nSPS) is 19.1. The molecule has 0 aromatic carbocycles. The number of halogens is 1. The summed E-state index contributed by atoms with van der Waals surface area (Å²) in [5, 5.41) is 0. The Kier molecular flexibility index (Phi) is 6.23. The maximum Gasteiger partial charge on any atom is 0.100 e. The molecule has 0 amide bonds. The van der Waals surface area contributed by atoms with Crippen molar-refractivity contribution in [3.8, 4) is 0 Å². The fourth-order valence-corrected chi connectivity index (χ4v) is 2.70. The van der Waals surface area contributed by atoms with Crippen LogP contribution in [0.3, 0.4) is 0 Å². The molecule has 2 heteroatoms. The molecule has 0 aromatic heterocycles. The first-order valence-corrected chi connectivity index (χ1v) is 5.68. The summed E-state index contributed by atoms with van der Waals surface area (Å²) in [5.41, 5.74) is 2.63. The summed E-state index contributed by atoms with van der Waals surface area (Å²) < 4.78 is 1.21. The fraction of sp³-hybridized carbons (Fsp3) is 0.692. The van der Waals surface area contributed by atoms with Crippen molar-refractivity contribution in [3.05, 3.63) is 24.3 Å². The van der Waals surface area contributed by atoms with E-state index in [-0.39, 0.29) is 12.4 Å². The Bertz CT molecular complexity index is 209. The highest BCUT2D eigenvalue weighted by molar-refractivity contribution is 4.93. The molecule has 0 saturated carbocycles. The maximum absolute atomic E-state index is 4.06. The van der Waals surface area contributed by atoms with Gasteiger partial charge in [-0.15, -0.1) is 0 Å². The molecule has 1 rings (SSSR count). The lowest BCUT2D eigenvalue weighted by Crippen LogP contribution is -3.00. The van der Waals surface area contributed by atoms with Crippen molar-refractivity contribution in [2.45, 2.75) is 33.1 Å². The molecule has 1 nitrogen and oxygen atoms in total. The summed E-state index contributed by atoms with van der Waals surface area (Å²) in [6, 6.07) is 0. The van der Waals surface area contributed by atoms with Crippen LogP contribution in [0.2, 0.25) is 0 Å². The minimum Gasteiger partial charge on any atom is -1.00 e. The van der Waals surface area contributed by atoms with Gasteiger partial charge in [-0.2, -0.15) is 0 Å². The van der Waals surface area contributed by atoms with Crippen LogP contribution in [0.1, 0.15) is 33.1 Å². The standard InChI is InChI=1S/C13H24N.ClH/c1-12(2)10-14(11-13(3)4)8-6-5-7-9-14;/h1,3,5-11H2,2,4H3;1H/q+1;/p-1. The molecule has 0 radical (unpaired) electrons. The van der Waals surface area contributed by atoms with Crippen molar-refractivity contribution in [1.29, 1.82) is 0 Å². The highest BCUT2D eigenvalue weighted by atomic mass is 35.5. The van der Waals surface area contributed by atoms with E-state index in [1.165, 1.54) is 48.0 Å². The van der Waals surface area contributed by atoms with Gasteiger partial charge in [-0.25, -0.2) is 0 Å². The van der Waals surface area contributed by atoms with Crippen LogP contribution in [0.4, 0.5) is 0 Å². The molecule has 0 atom stereocenters. The quantitative estimate of drug-likeness (QED) is 0.476. The van der Waals surface area contributed by atoms with Crippen molar-refractivity contribution in [3.63, 3.8) is 0 Å². The van der Waals surface area contributed by atoms with Crippen LogP contribution in [-0.2, 0) is 0 Å². The van der Waals surface area contributed by atoms with Gasteiger partial charge in [-0.3, -0.25) is 0 Å². The molecule has 0 aromatic rings. The van der Waals surface area contributed by atoms with Crippen molar-refractivity contribution in [2.24, 2.45) is 0 Å². The predicted octanol–water partition coefficient (Wildman–Crippen LogP) is 0.143. The summed E-state index contributed by atoms with van der Waals surface area (Å²) in [4.78, 5) is 0. The van der Waals surface area contributed by atoms with E-state index in [1.54, 1.807) is 0 Å². The number of likely N-dealkylation sites (tertiary alicyclic amines) is 1. The Morgan fingerprint density at radius 1 is 0.933 bits per heavy atom. The van der Waals surface area contributed by atoms with Crippen LogP contribution in [0, 0.1) is 0 Å². The van der Waals surface area contributed by atoms with E-state index >= 15 is 0 Å². The largest absolute Gasteiger partial charge is 1.00 e. The molecule has 1 aliphatic heterocycles. The van der Waals surface area contributed by atoms with Gasteiger partial charge in [0.15, 0.2) is 0 Å². The first-order chi connectivity index (χ1) is 6.54. The van der Waals surface area contributed by atoms with Crippen LogP contribution in [-0.4, -0.2) is 30.7 Å². The third-order valence-corrected chi connectivity index (χ3v) is 2.98. The molecular formula is C13H24ClN. The Morgan fingerprint density at radius 2 is 1.33 bits per heavy atom. The first kappa shape index (κ1) is 14.7. The van der Waals surface area contributed by atoms with Crippen LogP contribution in [0.15, 0.2) is 24.3 Å². The highest BCUT2D eigenvalue weighted by Crippen LogP contribution is 2.21. The van der Waals surface area contributed by atoms with Gasteiger partial charge in [0.2, 0.25) is 0 Å². The van der Waals surface area contributed by atoms with Crippen LogP contribution in [0.5, 0.6) is 0 Å². The lowest BCUT2D eigenvalue weighted by atomic mass is 10.0. The van der Waals surface area contributed by atoms with Crippen molar-refractivity contribution >= 4 is 0 Å². The van der Waals surface area contributed by atoms with E-state index in [0.29, 0.717) is 0 Å². The third-order valence-electron chi connectivity index (χ3n) is 2.98.